The van der Waals surface area contributed by atoms with E-state index in [2.05, 4.69) is 10.6 Å². The summed E-state index contributed by atoms with van der Waals surface area (Å²) < 4.78 is 0. The van der Waals surface area contributed by atoms with E-state index < -0.39 is 29.9 Å². The van der Waals surface area contributed by atoms with E-state index >= 15 is 0 Å². The first kappa shape index (κ1) is 19.3. The van der Waals surface area contributed by atoms with Crippen molar-refractivity contribution in [2.24, 2.45) is 17.2 Å². The van der Waals surface area contributed by atoms with Gasteiger partial charge in [0, 0.05) is 0 Å². The number of nitrogens with two attached hydrogens (primary N) is 3. The van der Waals surface area contributed by atoms with Gasteiger partial charge in [-0.3, -0.25) is 9.59 Å². The number of rotatable bonds is 11. The molecule has 2 atom stereocenters. The Labute approximate surface area is 123 Å². The number of carbonyl (C=O) groups is 3. The van der Waals surface area contributed by atoms with Gasteiger partial charge in [-0.05, 0) is 38.8 Å². The summed E-state index contributed by atoms with van der Waals surface area (Å²) in [5.41, 5.74) is 15.9. The van der Waals surface area contributed by atoms with Gasteiger partial charge in [-0.25, -0.2) is 4.79 Å². The molecule has 122 valence electrons. The molecule has 0 saturated carbocycles. The standard InChI is InChI=1S/C12H25N5O4/c13-5-1-3-8(16-10(18)7-15)11(19)17-9(12(20)21)4-2-6-14/h8-9H,1-7,13-15H2,(H,16,18)(H,17,19)(H,20,21). The highest BCUT2D eigenvalue weighted by Crippen LogP contribution is 2.01. The second-order valence-corrected chi connectivity index (χ2v) is 4.59. The third-order valence-corrected chi connectivity index (χ3v) is 2.85. The van der Waals surface area contributed by atoms with Crippen molar-refractivity contribution in [2.45, 2.75) is 37.8 Å². The highest BCUT2D eigenvalue weighted by atomic mass is 16.4. The first-order valence-electron chi connectivity index (χ1n) is 6.89. The molecule has 0 bridgehead atoms. The zero-order valence-electron chi connectivity index (χ0n) is 12.0. The van der Waals surface area contributed by atoms with E-state index in [9.17, 15) is 14.4 Å². The Bertz CT molecular complexity index is 351. The number of hydrogen-bond acceptors (Lipinski definition) is 6. The van der Waals surface area contributed by atoms with E-state index in [1.165, 1.54) is 0 Å². The van der Waals surface area contributed by atoms with Crippen LogP contribution in [0.4, 0.5) is 0 Å². The van der Waals surface area contributed by atoms with Crippen LogP contribution in [0, 0.1) is 0 Å². The van der Waals surface area contributed by atoms with Crippen molar-refractivity contribution in [2.75, 3.05) is 19.6 Å². The summed E-state index contributed by atoms with van der Waals surface area (Å²) in [7, 11) is 0. The Balaban J connectivity index is 4.66. The van der Waals surface area contributed by atoms with Gasteiger partial charge in [0.1, 0.15) is 12.1 Å². The van der Waals surface area contributed by atoms with Crippen molar-refractivity contribution in [1.82, 2.24) is 10.6 Å². The van der Waals surface area contributed by atoms with E-state index in [1.54, 1.807) is 0 Å². The molecule has 0 spiro atoms. The second-order valence-electron chi connectivity index (χ2n) is 4.59. The smallest absolute Gasteiger partial charge is 0.326 e. The molecule has 0 aromatic carbocycles. The largest absolute Gasteiger partial charge is 0.480 e. The molecule has 0 aliphatic rings. The monoisotopic (exact) mass is 303 g/mol. The lowest BCUT2D eigenvalue weighted by molar-refractivity contribution is -0.142. The molecule has 0 aromatic rings. The Morgan fingerprint density at radius 3 is 1.86 bits per heavy atom. The molecule has 0 aliphatic carbocycles. The third kappa shape index (κ3) is 8.23. The first-order chi connectivity index (χ1) is 9.96. The number of carbonyl (C=O) groups excluding carboxylic acids is 2. The third-order valence-electron chi connectivity index (χ3n) is 2.85. The minimum Gasteiger partial charge on any atom is -0.480 e. The average Bonchev–Trinajstić information content (AvgIpc) is 2.46. The number of amides is 2. The lowest BCUT2D eigenvalue weighted by Crippen LogP contribution is -2.52. The quantitative estimate of drug-likeness (QED) is 0.244. The summed E-state index contributed by atoms with van der Waals surface area (Å²) in [5.74, 6) is -2.18. The minimum absolute atomic E-state index is 0.228. The fourth-order valence-corrected chi connectivity index (χ4v) is 1.70. The van der Waals surface area contributed by atoms with Crippen LogP contribution in [0.3, 0.4) is 0 Å². The molecule has 0 aromatic heterocycles. The van der Waals surface area contributed by atoms with Crippen molar-refractivity contribution < 1.29 is 19.5 Å². The van der Waals surface area contributed by atoms with Gasteiger partial charge < -0.3 is 32.9 Å². The summed E-state index contributed by atoms with van der Waals surface area (Å²) in [6.07, 6.45) is 1.53. The van der Waals surface area contributed by atoms with E-state index in [0.717, 1.165) is 0 Å². The predicted octanol–water partition coefficient (Wildman–Crippen LogP) is -2.52. The number of nitrogens with one attached hydrogen (secondary N) is 2. The molecule has 0 radical (unpaired) electrons. The number of carboxylic acid groups (broad SMARTS) is 1. The maximum absolute atomic E-state index is 12.1. The van der Waals surface area contributed by atoms with Gasteiger partial charge in [0.15, 0.2) is 0 Å². The molecule has 9 nitrogen and oxygen atoms in total. The maximum atomic E-state index is 12.1. The highest BCUT2D eigenvalue weighted by Gasteiger charge is 2.25. The first-order valence-corrected chi connectivity index (χ1v) is 6.89. The van der Waals surface area contributed by atoms with Crippen LogP contribution in [0.25, 0.3) is 0 Å². The molecule has 0 heterocycles. The Morgan fingerprint density at radius 1 is 0.905 bits per heavy atom. The van der Waals surface area contributed by atoms with E-state index in [-0.39, 0.29) is 13.0 Å². The van der Waals surface area contributed by atoms with E-state index in [4.69, 9.17) is 22.3 Å². The van der Waals surface area contributed by atoms with Gasteiger partial charge in [0.2, 0.25) is 11.8 Å². The zero-order valence-corrected chi connectivity index (χ0v) is 12.0. The predicted molar refractivity (Wildman–Crippen MR) is 77.1 cm³/mol. The van der Waals surface area contributed by atoms with Crippen molar-refractivity contribution in [3.63, 3.8) is 0 Å². The zero-order chi connectivity index (χ0) is 16.3. The summed E-state index contributed by atoms with van der Waals surface area (Å²) in [6, 6.07) is -1.87. The van der Waals surface area contributed by atoms with Gasteiger partial charge in [-0.2, -0.15) is 0 Å². The number of carboxylic acids is 1. The summed E-state index contributed by atoms with van der Waals surface area (Å²) in [6.45, 7) is 0.444. The van der Waals surface area contributed by atoms with Crippen molar-refractivity contribution in [1.29, 1.82) is 0 Å². The molecule has 9 N–H and O–H groups in total. The van der Waals surface area contributed by atoms with Crippen molar-refractivity contribution in [3.8, 4) is 0 Å². The van der Waals surface area contributed by atoms with Crippen LogP contribution in [-0.2, 0) is 14.4 Å². The Kier molecular flexibility index (Phi) is 10.1. The number of hydrogen-bond donors (Lipinski definition) is 6. The van der Waals surface area contributed by atoms with Crippen LogP contribution in [0.15, 0.2) is 0 Å². The molecule has 0 fully saturated rings. The SMILES string of the molecule is NCCCC(NC(=O)C(CCCN)NC(=O)CN)C(=O)O. The molecule has 9 heteroatoms. The second kappa shape index (κ2) is 11.0. The average molecular weight is 303 g/mol. The molecule has 2 amide bonds. The van der Waals surface area contributed by atoms with Gasteiger partial charge in [-0.15, -0.1) is 0 Å². The Morgan fingerprint density at radius 2 is 1.43 bits per heavy atom. The fourth-order valence-electron chi connectivity index (χ4n) is 1.70. The molecule has 0 rings (SSSR count). The molecule has 2 unspecified atom stereocenters. The highest BCUT2D eigenvalue weighted by molar-refractivity contribution is 5.90. The minimum atomic E-state index is -1.14. The van der Waals surface area contributed by atoms with E-state index in [0.29, 0.717) is 32.4 Å². The topological polar surface area (TPSA) is 174 Å². The summed E-state index contributed by atoms with van der Waals surface area (Å²) >= 11 is 0. The molecular formula is C12H25N5O4. The summed E-state index contributed by atoms with van der Waals surface area (Å²) in [5, 5.41) is 13.9. The number of aliphatic carboxylic acids is 1. The van der Waals surface area contributed by atoms with Crippen molar-refractivity contribution >= 4 is 17.8 Å². The van der Waals surface area contributed by atoms with Crippen molar-refractivity contribution in [3.05, 3.63) is 0 Å². The van der Waals surface area contributed by atoms with E-state index in [1.807, 2.05) is 0 Å². The lowest BCUT2D eigenvalue weighted by atomic mass is 10.1. The Hall–Kier alpha value is -1.71. The molecule has 0 saturated heterocycles. The lowest BCUT2D eigenvalue weighted by Gasteiger charge is -2.21. The normalized spacial score (nSPS) is 13.3. The van der Waals surface area contributed by atoms with Gasteiger partial charge in [-0.1, -0.05) is 0 Å². The van der Waals surface area contributed by atoms with Crippen LogP contribution in [0.2, 0.25) is 0 Å². The van der Waals surface area contributed by atoms with Crippen LogP contribution >= 0.6 is 0 Å². The maximum Gasteiger partial charge on any atom is 0.326 e. The van der Waals surface area contributed by atoms with Crippen LogP contribution < -0.4 is 27.8 Å². The van der Waals surface area contributed by atoms with Gasteiger partial charge in [0.05, 0.1) is 6.54 Å². The van der Waals surface area contributed by atoms with Gasteiger partial charge in [0.25, 0.3) is 0 Å². The molecule has 21 heavy (non-hydrogen) atoms. The molecular weight excluding hydrogens is 278 g/mol. The van der Waals surface area contributed by atoms with Gasteiger partial charge >= 0.3 is 5.97 Å². The van der Waals surface area contributed by atoms with Crippen LogP contribution in [0.5, 0.6) is 0 Å². The fraction of sp³-hybridized carbons (Fsp3) is 0.750. The molecule has 0 aliphatic heterocycles. The summed E-state index contributed by atoms with van der Waals surface area (Å²) in [4.78, 5) is 34.5. The van der Waals surface area contributed by atoms with Crippen LogP contribution in [-0.4, -0.2) is 54.6 Å². The van der Waals surface area contributed by atoms with Crippen LogP contribution in [0.1, 0.15) is 25.7 Å².